The summed E-state index contributed by atoms with van der Waals surface area (Å²) in [6.45, 7) is 2.19. The predicted octanol–water partition coefficient (Wildman–Crippen LogP) is 0.365. The van der Waals surface area contributed by atoms with Crippen LogP contribution in [0.1, 0.15) is 6.42 Å². The lowest BCUT2D eigenvalue weighted by Gasteiger charge is -2.15. The molecule has 1 aromatic heterocycles. The first-order valence-corrected chi connectivity index (χ1v) is 4.99. The van der Waals surface area contributed by atoms with Crippen LogP contribution in [0.3, 0.4) is 0 Å². The van der Waals surface area contributed by atoms with Crippen LogP contribution in [0, 0.1) is 18.3 Å². The molecule has 0 bridgehead atoms. The average Bonchev–Trinajstić information content (AvgIpc) is 2.84. The van der Waals surface area contributed by atoms with E-state index in [1.165, 1.54) is 0 Å². The number of imidazole rings is 1. The molecule has 0 N–H and O–H groups in total. The van der Waals surface area contributed by atoms with Gasteiger partial charge < -0.3 is 9.47 Å². The van der Waals surface area contributed by atoms with E-state index < -0.39 is 0 Å². The van der Waals surface area contributed by atoms with E-state index in [1.54, 1.807) is 12.5 Å². The van der Waals surface area contributed by atoms with Gasteiger partial charge in [0.25, 0.3) is 0 Å². The second-order valence-electron chi connectivity index (χ2n) is 3.71. The molecule has 1 aliphatic heterocycles. The maximum absolute atomic E-state index is 11.5. The van der Waals surface area contributed by atoms with Crippen LogP contribution in [0.15, 0.2) is 18.7 Å². The van der Waals surface area contributed by atoms with Gasteiger partial charge in [-0.1, -0.05) is 0 Å². The van der Waals surface area contributed by atoms with Crippen LogP contribution >= 0.6 is 0 Å². The van der Waals surface area contributed by atoms with Crippen molar-refractivity contribution in [3.05, 3.63) is 18.7 Å². The van der Waals surface area contributed by atoms with Gasteiger partial charge in [-0.3, -0.25) is 4.79 Å². The Labute approximate surface area is 88.9 Å². The highest BCUT2D eigenvalue weighted by Gasteiger charge is 2.27. The smallest absolute Gasteiger partial charge is 0.223 e. The maximum Gasteiger partial charge on any atom is 0.223 e. The van der Waals surface area contributed by atoms with Crippen molar-refractivity contribution in [1.82, 2.24) is 14.5 Å². The number of hydrogen-bond donors (Lipinski definition) is 0. The van der Waals surface area contributed by atoms with Gasteiger partial charge in [-0.05, 0) is 0 Å². The fourth-order valence-corrected chi connectivity index (χ4v) is 1.76. The fraction of sp³-hybridized carbons (Fsp3) is 0.455. The van der Waals surface area contributed by atoms with Crippen molar-refractivity contribution in [2.24, 2.45) is 5.92 Å². The Balaban J connectivity index is 1.86. The van der Waals surface area contributed by atoms with Crippen LogP contribution < -0.4 is 0 Å². The molecule has 0 saturated carbocycles. The van der Waals surface area contributed by atoms with Crippen LogP contribution in [0.25, 0.3) is 0 Å². The Bertz CT molecular complexity index is 377. The topological polar surface area (TPSA) is 38.1 Å². The molecule has 0 spiro atoms. The molecule has 15 heavy (non-hydrogen) atoms. The predicted molar refractivity (Wildman–Crippen MR) is 55.7 cm³/mol. The van der Waals surface area contributed by atoms with E-state index in [1.807, 2.05) is 15.7 Å². The second kappa shape index (κ2) is 4.18. The van der Waals surface area contributed by atoms with Crippen LogP contribution in [0.5, 0.6) is 0 Å². The van der Waals surface area contributed by atoms with Gasteiger partial charge in [0.1, 0.15) is 0 Å². The first kappa shape index (κ1) is 9.78. The van der Waals surface area contributed by atoms with E-state index in [9.17, 15) is 4.79 Å². The van der Waals surface area contributed by atoms with Crippen molar-refractivity contribution < 1.29 is 4.79 Å². The van der Waals surface area contributed by atoms with Gasteiger partial charge >= 0.3 is 0 Å². The van der Waals surface area contributed by atoms with Crippen molar-refractivity contribution in [2.75, 3.05) is 13.1 Å². The molecule has 1 amide bonds. The SMILES string of the molecule is C#CC1CC(=O)N(CCn2ccnc2)C1. The highest BCUT2D eigenvalue weighted by molar-refractivity contribution is 5.79. The Hall–Kier alpha value is -1.76. The quantitative estimate of drug-likeness (QED) is 0.665. The van der Waals surface area contributed by atoms with Crippen LogP contribution in [0.2, 0.25) is 0 Å². The molecule has 2 heterocycles. The number of terminal acetylenes is 1. The standard InChI is InChI=1S/C11H13N3O/c1-2-10-7-11(15)14(8-10)6-5-13-4-3-12-9-13/h1,3-4,9-10H,5-8H2. The number of aromatic nitrogens is 2. The zero-order valence-electron chi connectivity index (χ0n) is 8.47. The minimum absolute atomic E-state index is 0.0975. The zero-order valence-corrected chi connectivity index (χ0v) is 8.47. The van der Waals surface area contributed by atoms with Gasteiger partial charge in [0.2, 0.25) is 5.91 Å². The minimum atomic E-state index is 0.0975. The highest BCUT2D eigenvalue weighted by Crippen LogP contribution is 2.16. The number of carbonyl (C=O) groups excluding carboxylic acids is 1. The van der Waals surface area contributed by atoms with Gasteiger partial charge in [0, 0.05) is 44.4 Å². The molecule has 4 nitrogen and oxygen atoms in total. The molecule has 0 aliphatic carbocycles. The van der Waals surface area contributed by atoms with E-state index >= 15 is 0 Å². The van der Waals surface area contributed by atoms with Crippen LogP contribution in [0.4, 0.5) is 0 Å². The Morgan fingerprint density at radius 1 is 1.60 bits per heavy atom. The number of amides is 1. The fourth-order valence-electron chi connectivity index (χ4n) is 1.76. The van der Waals surface area contributed by atoms with Crippen molar-refractivity contribution in [2.45, 2.75) is 13.0 Å². The van der Waals surface area contributed by atoms with Gasteiger partial charge in [-0.15, -0.1) is 12.3 Å². The second-order valence-corrected chi connectivity index (χ2v) is 3.71. The molecule has 1 saturated heterocycles. The Morgan fingerprint density at radius 2 is 2.47 bits per heavy atom. The summed E-state index contributed by atoms with van der Waals surface area (Å²) in [6, 6.07) is 0. The highest BCUT2D eigenvalue weighted by atomic mass is 16.2. The Morgan fingerprint density at radius 3 is 3.07 bits per heavy atom. The number of likely N-dealkylation sites (tertiary alicyclic amines) is 1. The molecule has 1 aliphatic rings. The lowest BCUT2D eigenvalue weighted by Crippen LogP contribution is -2.28. The summed E-state index contributed by atoms with van der Waals surface area (Å²) in [5, 5.41) is 0. The first-order valence-electron chi connectivity index (χ1n) is 4.99. The van der Waals surface area contributed by atoms with Gasteiger partial charge in [0.15, 0.2) is 0 Å². The molecule has 1 atom stereocenters. The monoisotopic (exact) mass is 203 g/mol. The Kier molecular flexibility index (Phi) is 2.72. The van der Waals surface area contributed by atoms with Crippen LogP contribution in [-0.4, -0.2) is 33.4 Å². The van der Waals surface area contributed by atoms with E-state index in [2.05, 4.69) is 10.9 Å². The summed E-state index contributed by atoms with van der Waals surface area (Å²) in [7, 11) is 0. The summed E-state index contributed by atoms with van der Waals surface area (Å²) < 4.78 is 1.95. The van der Waals surface area contributed by atoms with E-state index in [0.29, 0.717) is 19.5 Å². The third kappa shape index (κ3) is 2.18. The molecular weight excluding hydrogens is 190 g/mol. The third-order valence-electron chi connectivity index (χ3n) is 2.64. The average molecular weight is 203 g/mol. The van der Waals surface area contributed by atoms with E-state index in [4.69, 9.17) is 6.42 Å². The minimum Gasteiger partial charge on any atom is -0.340 e. The third-order valence-corrected chi connectivity index (χ3v) is 2.64. The summed E-state index contributed by atoms with van der Waals surface area (Å²) in [5.41, 5.74) is 0. The molecular formula is C11H13N3O. The van der Waals surface area contributed by atoms with Gasteiger partial charge in [-0.25, -0.2) is 4.98 Å². The largest absolute Gasteiger partial charge is 0.340 e. The number of carbonyl (C=O) groups is 1. The molecule has 0 aromatic carbocycles. The normalized spacial score (nSPS) is 20.6. The van der Waals surface area contributed by atoms with Crippen molar-refractivity contribution in [1.29, 1.82) is 0 Å². The van der Waals surface area contributed by atoms with Crippen molar-refractivity contribution in [3.63, 3.8) is 0 Å². The zero-order chi connectivity index (χ0) is 10.7. The lowest BCUT2D eigenvalue weighted by atomic mass is 10.1. The molecule has 1 aromatic rings. The summed E-state index contributed by atoms with van der Waals surface area (Å²) in [5.74, 6) is 2.90. The number of nitrogens with zero attached hydrogens (tertiary/aromatic N) is 3. The number of hydrogen-bond acceptors (Lipinski definition) is 2. The molecule has 4 heteroatoms. The summed E-state index contributed by atoms with van der Waals surface area (Å²) in [6.07, 6.45) is 11.2. The molecule has 1 fully saturated rings. The van der Waals surface area contributed by atoms with Gasteiger partial charge in [0.05, 0.1) is 6.33 Å². The first-order chi connectivity index (χ1) is 7.29. The lowest BCUT2D eigenvalue weighted by molar-refractivity contribution is -0.127. The van der Waals surface area contributed by atoms with E-state index in [-0.39, 0.29) is 11.8 Å². The summed E-state index contributed by atoms with van der Waals surface area (Å²) >= 11 is 0. The molecule has 1 unspecified atom stereocenters. The molecule has 0 radical (unpaired) electrons. The number of rotatable bonds is 3. The molecule has 2 rings (SSSR count). The van der Waals surface area contributed by atoms with Crippen molar-refractivity contribution >= 4 is 5.91 Å². The maximum atomic E-state index is 11.5. The summed E-state index contributed by atoms with van der Waals surface area (Å²) in [4.78, 5) is 17.3. The van der Waals surface area contributed by atoms with Gasteiger partial charge in [-0.2, -0.15) is 0 Å². The van der Waals surface area contributed by atoms with E-state index in [0.717, 1.165) is 6.54 Å². The van der Waals surface area contributed by atoms with Crippen LogP contribution in [-0.2, 0) is 11.3 Å². The molecule has 78 valence electrons. The van der Waals surface area contributed by atoms with Crippen molar-refractivity contribution in [3.8, 4) is 12.3 Å².